The summed E-state index contributed by atoms with van der Waals surface area (Å²) in [6.07, 6.45) is -2.96. The van der Waals surface area contributed by atoms with Gasteiger partial charge in [-0.15, -0.1) is 13.2 Å². The molecule has 5 nitrogen and oxygen atoms in total. The highest BCUT2D eigenvalue weighted by molar-refractivity contribution is 7.98. The van der Waals surface area contributed by atoms with Gasteiger partial charge in [0.15, 0.2) is 5.16 Å². The largest absolute Gasteiger partial charge is 0.573 e. The molecule has 1 amide bonds. The third-order valence-electron chi connectivity index (χ3n) is 2.59. The summed E-state index contributed by atoms with van der Waals surface area (Å²) in [5, 5.41) is 3.01. The summed E-state index contributed by atoms with van der Waals surface area (Å²) in [7, 11) is 0. The molecule has 1 heterocycles. The van der Waals surface area contributed by atoms with E-state index in [0.717, 1.165) is 12.1 Å². The van der Waals surface area contributed by atoms with Gasteiger partial charge >= 0.3 is 6.36 Å². The lowest BCUT2D eigenvalue weighted by Crippen LogP contribution is -2.17. The van der Waals surface area contributed by atoms with Crippen LogP contribution in [0.4, 0.5) is 18.9 Å². The van der Waals surface area contributed by atoms with Gasteiger partial charge in [0.2, 0.25) is 0 Å². The maximum atomic E-state index is 12.1. The Morgan fingerprint density at radius 1 is 1.22 bits per heavy atom. The molecule has 122 valence electrons. The number of carbonyl (C=O) groups is 1. The second kappa shape index (κ2) is 6.86. The van der Waals surface area contributed by atoms with Crippen molar-refractivity contribution in [3.05, 3.63) is 41.7 Å². The summed E-state index contributed by atoms with van der Waals surface area (Å²) in [6, 6.07) is 6.37. The van der Waals surface area contributed by atoms with Crippen LogP contribution in [0.15, 0.2) is 35.5 Å². The zero-order valence-corrected chi connectivity index (χ0v) is 13.0. The molecule has 0 saturated heterocycles. The van der Waals surface area contributed by atoms with Crippen LogP contribution in [0.1, 0.15) is 16.2 Å². The summed E-state index contributed by atoms with van der Waals surface area (Å²) in [5.74, 6) is -0.840. The molecular weight excluding hydrogens is 331 g/mol. The first-order valence-electron chi connectivity index (χ1n) is 6.33. The number of ether oxygens (including phenoxy) is 1. The number of carbonyl (C=O) groups excluding carboxylic acids is 1. The Morgan fingerprint density at radius 2 is 1.87 bits per heavy atom. The van der Waals surface area contributed by atoms with Crippen molar-refractivity contribution in [1.29, 1.82) is 0 Å². The van der Waals surface area contributed by atoms with Gasteiger partial charge in [-0.05, 0) is 43.5 Å². The number of aromatic nitrogens is 2. The number of amides is 1. The monoisotopic (exact) mass is 343 g/mol. The normalized spacial score (nSPS) is 11.2. The lowest BCUT2D eigenvalue weighted by Gasteiger charge is -2.10. The van der Waals surface area contributed by atoms with Crippen molar-refractivity contribution < 1.29 is 22.7 Å². The molecular formula is C14H12F3N3O2S. The van der Waals surface area contributed by atoms with Gasteiger partial charge in [-0.2, -0.15) is 0 Å². The highest BCUT2D eigenvalue weighted by atomic mass is 32.2. The van der Waals surface area contributed by atoms with Crippen LogP contribution in [0.3, 0.4) is 0 Å². The highest BCUT2D eigenvalue weighted by Gasteiger charge is 2.30. The van der Waals surface area contributed by atoms with E-state index < -0.39 is 12.3 Å². The average molecular weight is 343 g/mol. The van der Waals surface area contributed by atoms with E-state index in [9.17, 15) is 18.0 Å². The molecule has 0 fully saturated rings. The molecule has 0 saturated carbocycles. The van der Waals surface area contributed by atoms with E-state index in [1.807, 2.05) is 0 Å². The fourth-order valence-electron chi connectivity index (χ4n) is 1.68. The molecule has 0 aliphatic rings. The molecule has 0 radical (unpaired) electrons. The molecule has 1 aromatic carbocycles. The summed E-state index contributed by atoms with van der Waals surface area (Å²) in [4.78, 5) is 20.3. The quantitative estimate of drug-likeness (QED) is 0.678. The highest BCUT2D eigenvalue weighted by Crippen LogP contribution is 2.24. The van der Waals surface area contributed by atoms with Crippen molar-refractivity contribution in [2.45, 2.75) is 18.4 Å². The van der Waals surface area contributed by atoms with Crippen LogP contribution in [-0.4, -0.2) is 28.5 Å². The molecule has 2 aromatic rings. The SMILES string of the molecule is CSc1nc(C)cc(C(=O)Nc2ccc(OC(F)(F)F)cc2)n1. The van der Waals surface area contributed by atoms with Gasteiger partial charge in [0.1, 0.15) is 11.4 Å². The topological polar surface area (TPSA) is 64.1 Å². The van der Waals surface area contributed by atoms with Crippen LogP contribution >= 0.6 is 11.8 Å². The predicted octanol–water partition coefficient (Wildman–Crippen LogP) is 3.66. The minimum Gasteiger partial charge on any atom is -0.406 e. The third-order valence-corrected chi connectivity index (χ3v) is 3.14. The van der Waals surface area contributed by atoms with Gasteiger partial charge in [-0.3, -0.25) is 4.79 Å². The molecule has 0 spiro atoms. The number of nitrogens with zero attached hydrogens (tertiary/aromatic N) is 2. The first-order valence-corrected chi connectivity index (χ1v) is 7.56. The first-order chi connectivity index (χ1) is 10.8. The average Bonchev–Trinajstić information content (AvgIpc) is 2.47. The number of alkyl halides is 3. The van der Waals surface area contributed by atoms with Crippen molar-refractivity contribution >= 4 is 23.4 Å². The van der Waals surface area contributed by atoms with Crippen LogP contribution < -0.4 is 10.1 Å². The van der Waals surface area contributed by atoms with Crippen LogP contribution in [0.2, 0.25) is 0 Å². The standard InChI is InChI=1S/C14H12F3N3O2S/c1-8-7-11(20-13(18-8)23-2)12(21)19-9-3-5-10(6-4-9)22-14(15,16)17/h3-7H,1-2H3,(H,19,21). The molecule has 0 bridgehead atoms. The lowest BCUT2D eigenvalue weighted by molar-refractivity contribution is -0.274. The van der Waals surface area contributed by atoms with Crippen LogP contribution in [0, 0.1) is 6.92 Å². The molecule has 0 aliphatic heterocycles. The van der Waals surface area contributed by atoms with Crippen molar-refractivity contribution in [2.75, 3.05) is 11.6 Å². The Kier molecular flexibility index (Phi) is 5.09. The van der Waals surface area contributed by atoms with E-state index in [0.29, 0.717) is 16.5 Å². The smallest absolute Gasteiger partial charge is 0.406 e. The summed E-state index contributed by atoms with van der Waals surface area (Å²) >= 11 is 1.30. The Balaban J connectivity index is 2.10. The number of hydrogen-bond acceptors (Lipinski definition) is 5. The number of benzene rings is 1. The summed E-state index contributed by atoms with van der Waals surface area (Å²) < 4.78 is 40.0. The first kappa shape index (κ1) is 17.1. The number of aryl methyl sites for hydroxylation is 1. The van der Waals surface area contributed by atoms with E-state index in [1.54, 1.807) is 13.2 Å². The Labute approximate surface area is 134 Å². The number of nitrogens with one attached hydrogen (secondary N) is 1. The number of halogens is 3. The van der Waals surface area contributed by atoms with Crippen molar-refractivity contribution in [2.24, 2.45) is 0 Å². The van der Waals surface area contributed by atoms with Gasteiger partial charge in [-0.1, -0.05) is 11.8 Å². The van der Waals surface area contributed by atoms with E-state index >= 15 is 0 Å². The van der Waals surface area contributed by atoms with Crippen LogP contribution in [0.5, 0.6) is 5.75 Å². The Morgan fingerprint density at radius 3 is 2.43 bits per heavy atom. The molecule has 0 aliphatic carbocycles. The van der Waals surface area contributed by atoms with Crippen LogP contribution in [0.25, 0.3) is 0 Å². The second-order valence-corrected chi connectivity index (χ2v) is 5.18. The maximum Gasteiger partial charge on any atom is 0.573 e. The number of hydrogen-bond donors (Lipinski definition) is 1. The van der Waals surface area contributed by atoms with E-state index in [2.05, 4.69) is 20.0 Å². The predicted molar refractivity (Wildman–Crippen MR) is 79.6 cm³/mol. The summed E-state index contributed by atoms with van der Waals surface area (Å²) in [5.41, 5.74) is 1.15. The third kappa shape index (κ3) is 5.13. The lowest BCUT2D eigenvalue weighted by atomic mass is 10.2. The maximum absolute atomic E-state index is 12.1. The zero-order valence-electron chi connectivity index (χ0n) is 12.1. The molecule has 1 aromatic heterocycles. The number of rotatable bonds is 4. The van der Waals surface area contributed by atoms with Gasteiger partial charge in [0, 0.05) is 11.4 Å². The van der Waals surface area contributed by atoms with Crippen molar-refractivity contribution in [3.8, 4) is 5.75 Å². The number of thioether (sulfide) groups is 1. The van der Waals surface area contributed by atoms with E-state index in [1.165, 1.54) is 30.0 Å². The molecule has 0 atom stereocenters. The second-order valence-electron chi connectivity index (χ2n) is 4.41. The van der Waals surface area contributed by atoms with Crippen molar-refractivity contribution in [1.82, 2.24) is 9.97 Å². The van der Waals surface area contributed by atoms with Gasteiger partial charge in [-0.25, -0.2) is 9.97 Å². The van der Waals surface area contributed by atoms with E-state index in [-0.39, 0.29) is 11.4 Å². The van der Waals surface area contributed by atoms with Crippen LogP contribution in [-0.2, 0) is 0 Å². The zero-order chi connectivity index (χ0) is 17.0. The minimum absolute atomic E-state index is 0.178. The van der Waals surface area contributed by atoms with Gasteiger partial charge in [0.25, 0.3) is 5.91 Å². The fourth-order valence-corrected chi connectivity index (χ4v) is 2.11. The molecule has 2 rings (SSSR count). The molecule has 1 N–H and O–H groups in total. The van der Waals surface area contributed by atoms with Gasteiger partial charge in [0.05, 0.1) is 0 Å². The van der Waals surface area contributed by atoms with Crippen molar-refractivity contribution in [3.63, 3.8) is 0 Å². The fraction of sp³-hybridized carbons (Fsp3) is 0.214. The molecule has 23 heavy (non-hydrogen) atoms. The Bertz CT molecular complexity index is 705. The van der Waals surface area contributed by atoms with E-state index in [4.69, 9.17) is 0 Å². The minimum atomic E-state index is -4.75. The Hall–Kier alpha value is -2.29. The van der Waals surface area contributed by atoms with Gasteiger partial charge < -0.3 is 10.1 Å². The number of anilines is 1. The summed E-state index contributed by atoms with van der Waals surface area (Å²) in [6.45, 7) is 1.74. The molecule has 0 unspecified atom stereocenters. The molecule has 9 heteroatoms.